The first-order valence-corrected chi connectivity index (χ1v) is 8.74. The molecule has 1 N–H and O–H groups in total. The van der Waals surface area contributed by atoms with E-state index in [4.69, 9.17) is 5.11 Å². The monoisotopic (exact) mass is 290 g/mol. The van der Waals surface area contributed by atoms with Gasteiger partial charge in [0, 0.05) is 0 Å². The molecule has 120 valence electrons. The van der Waals surface area contributed by atoms with Gasteiger partial charge in [-0.15, -0.1) is 0 Å². The molecular formula is C20H34O. The Morgan fingerprint density at radius 1 is 1.33 bits per heavy atom. The lowest BCUT2D eigenvalue weighted by Gasteiger charge is -2.57. The van der Waals surface area contributed by atoms with Gasteiger partial charge < -0.3 is 5.11 Å². The Balaban J connectivity index is 2.20. The molecule has 2 aliphatic rings. The largest absolute Gasteiger partial charge is 0.392 e. The average molecular weight is 290 g/mol. The van der Waals surface area contributed by atoms with Gasteiger partial charge in [-0.3, -0.25) is 0 Å². The molecule has 0 saturated heterocycles. The third-order valence-corrected chi connectivity index (χ3v) is 6.56. The summed E-state index contributed by atoms with van der Waals surface area (Å²) in [6, 6.07) is 0. The Labute approximate surface area is 131 Å². The molecule has 0 heterocycles. The number of hydrogen-bond acceptors (Lipinski definition) is 1. The van der Waals surface area contributed by atoms with Crippen molar-refractivity contribution in [3.63, 3.8) is 0 Å². The molecule has 21 heavy (non-hydrogen) atoms. The molecule has 1 fully saturated rings. The van der Waals surface area contributed by atoms with Gasteiger partial charge in [-0.2, -0.15) is 0 Å². The molecule has 0 bridgehead atoms. The number of fused-ring (bicyclic) bond motifs is 1. The fourth-order valence-corrected chi connectivity index (χ4v) is 5.32. The Morgan fingerprint density at radius 3 is 2.71 bits per heavy atom. The van der Waals surface area contributed by atoms with E-state index in [0.717, 1.165) is 18.3 Å². The van der Waals surface area contributed by atoms with Crippen molar-refractivity contribution in [2.45, 2.75) is 73.1 Å². The maximum Gasteiger partial charge on any atom is 0.0614 e. The number of hydrogen-bond donors (Lipinski definition) is 1. The lowest BCUT2D eigenvalue weighted by molar-refractivity contribution is -0.0390. The van der Waals surface area contributed by atoms with Crippen LogP contribution in [0.25, 0.3) is 0 Å². The predicted octanol–water partition coefficient (Wildman–Crippen LogP) is 5.50. The smallest absolute Gasteiger partial charge is 0.0614 e. The third-order valence-electron chi connectivity index (χ3n) is 6.56. The molecule has 0 spiro atoms. The van der Waals surface area contributed by atoms with Crippen LogP contribution in [0.5, 0.6) is 0 Å². The fourth-order valence-electron chi connectivity index (χ4n) is 5.32. The number of aliphatic hydroxyl groups is 1. The van der Waals surface area contributed by atoms with Gasteiger partial charge in [0.15, 0.2) is 0 Å². The van der Waals surface area contributed by atoms with Crippen LogP contribution in [0.3, 0.4) is 0 Å². The molecule has 2 rings (SSSR count). The SMILES string of the molecule is CC1=CC[C@H]2C(C)(C)CCC[C@]2(C)[C@@H]1CC/C(C)=C/CO. The van der Waals surface area contributed by atoms with E-state index < -0.39 is 0 Å². The molecule has 0 aliphatic heterocycles. The average Bonchev–Trinajstić information content (AvgIpc) is 2.37. The Hall–Kier alpha value is -0.560. The summed E-state index contributed by atoms with van der Waals surface area (Å²) >= 11 is 0. The topological polar surface area (TPSA) is 20.2 Å². The van der Waals surface area contributed by atoms with Crippen LogP contribution in [0, 0.1) is 22.7 Å². The molecule has 0 amide bonds. The highest BCUT2D eigenvalue weighted by Crippen LogP contribution is 2.60. The van der Waals surface area contributed by atoms with Gasteiger partial charge in [0.25, 0.3) is 0 Å². The quantitative estimate of drug-likeness (QED) is 0.677. The minimum Gasteiger partial charge on any atom is -0.392 e. The zero-order valence-electron chi connectivity index (χ0n) is 14.7. The van der Waals surface area contributed by atoms with Gasteiger partial charge in [-0.25, -0.2) is 0 Å². The van der Waals surface area contributed by atoms with Crippen LogP contribution in [-0.2, 0) is 0 Å². The van der Waals surface area contributed by atoms with E-state index in [9.17, 15) is 0 Å². The minimum absolute atomic E-state index is 0.179. The Kier molecular flexibility index (Phi) is 5.03. The Bertz CT molecular complexity index is 429. The van der Waals surface area contributed by atoms with Crippen LogP contribution < -0.4 is 0 Å². The van der Waals surface area contributed by atoms with E-state index in [-0.39, 0.29) is 6.61 Å². The zero-order valence-corrected chi connectivity index (χ0v) is 14.7. The van der Waals surface area contributed by atoms with E-state index in [2.05, 4.69) is 40.7 Å². The molecule has 0 radical (unpaired) electrons. The second-order valence-corrected chi connectivity index (χ2v) is 8.41. The molecular weight excluding hydrogens is 256 g/mol. The van der Waals surface area contributed by atoms with Gasteiger partial charge in [-0.05, 0) is 68.6 Å². The molecule has 1 heteroatoms. The first-order valence-electron chi connectivity index (χ1n) is 8.74. The van der Waals surface area contributed by atoms with Gasteiger partial charge in [0.2, 0.25) is 0 Å². The van der Waals surface area contributed by atoms with E-state index in [1.165, 1.54) is 37.7 Å². The van der Waals surface area contributed by atoms with E-state index >= 15 is 0 Å². The van der Waals surface area contributed by atoms with Crippen molar-refractivity contribution >= 4 is 0 Å². The standard InChI is InChI=1S/C20H34O/c1-15(11-14-21)7-9-17-16(2)8-10-18-19(3,4)12-6-13-20(17,18)5/h8,11,17-18,21H,6-7,9-10,12-14H2,1-5H3/b15-11+/t17-,18+,20-/m1/s1. The lowest BCUT2D eigenvalue weighted by atomic mass is 9.48. The van der Waals surface area contributed by atoms with Crippen molar-refractivity contribution in [3.05, 3.63) is 23.3 Å². The van der Waals surface area contributed by atoms with Crippen molar-refractivity contribution in [2.75, 3.05) is 6.61 Å². The van der Waals surface area contributed by atoms with Crippen molar-refractivity contribution in [1.82, 2.24) is 0 Å². The maximum atomic E-state index is 9.04. The molecule has 2 aliphatic carbocycles. The summed E-state index contributed by atoms with van der Waals surface area (Å²) in [6.45, 7) is 12.2. The summed E-state index contributed by atoms with van der Waals surface area (Å²) in [7, 11) is 0. The molecule has 1 saturated carbocycles. The summed E-state index contributed by atoms with van der Waals surface area (Å²) in [6.07, 6.45) is 12.3. The lowest BCUT2D eigenvalue weighted by Crippen LogP contribution is -2.48. The molecule has 1 nitrogen and oxygen atoms in total. The van der Waals surface area contributed by atoms with Crippen LogP contribution in [0.2, 0.25) is 0 Å². The fraction of sp³-hybridized carbons (Fsp3) is 0.800. The van der Waals surface area contributed by atoms with Gasteiger partial charge in [0.1, 0.15) is 0 Å². The van der Waals surface area contributed by atoms with Crippen LogP contribution in [-0.4, -0.2) is 11.7 Å². The van der Waals surface area contributed by atoms with Gasteiger partial charge in [-0.1, -0.05) is 50.5 Å². The van der Waals surface area contributed by atoms with Crippen molar-refractivity contribution in [1.29, 1.82) is 0 Å². The van der Waals surface area contributed by atoms with Gasteiger partial charge >= 0.3 is 0 Å². The van der Waals surface area contributed by atoms with Crippen LogP contribution >= 0.6 is 0 Å². The van der Waals surface area contributed by atoms with E-state index in [0.29, 0.717) is 10.8 Å². The van der Waals surface area contributed by atoms with Crippen LogP contribution in [0.4, 0.5) is 0 Å². The second kappa shape index (κ2) is 6.28. The third kappa shape index (κ3) is 3.28. The molecule has 3 atom stereocenters. The highest BCUT2D eigenvalue weighted by Gasteiger charge is 2.51. The van der Waals surface area contributed by atoms with Crippen LogP contribution in [0.15, 0.2) is 23.3 Å². The van der Waals surface area contributed by atoms with Crippen molar-refractivity contribution in [2.24, 2.45) is 22.7 Å². The molecule has 0 aromatic heterocycles. The van der Waals surface area contributed by atoms with Crippen molar-refractivity contribution < 1.29 is 5.11 Å². The maximum absolute atomic E-state index is 9.04. The first kappa shape index (κ1) is 16.8. The minimum atomic E-state index is 0.179. The summed E-state index contributed by atoms with van der Waals surface area (Å²) in [5.41, 5.74) is 3.91. The molecule has 0 aromatic rings. The number of allylic oxidation sites excluding steroid dienone is 3. The van der Waals surface area contributed by atoms with Crippen molar-refractivity contribution in [3.8, 4) is 0 Å². The van der Waals surface area contributed by atoms with Gasteiger partial charge in [0.05, 0.1) is 6.61 Å². The van der Waals surface area contributed by atoms with Crippen LogP contribution in [0.1, 0.15) is 73.1 Å². The highest BCUT2D eigenvalue weighted by molar-refractivity contribution is 5.18. The second-order valence-electron chi connectivity index (χ2n) is 8.41. The summed E-state index contributed by atoms with van der Waals surface area (Å²) < 4.78 is 0. The summed E-state index contributed by atoms with van der Waals surface area (Å²) in [5, 5.41) is 9.04. The molecule has 0 aromatic carbocycles. The normalized spacial score (nSPS) is 36.1. The summed E-state index contributed by atoms with van der Waals surface area (Å²) in [5.74, 6) is 1.55. The Morgan fingerprint density at radius 2 is 2.05 bits per heavy atom. The van der Waals surface area contributed by atoms with E-state index in [1.807, 2.05) is 6.08 Å². The highest BCUT2D eigenvalue weighted by atomic mass is 16.2. The summed E-state index contributed by atoms with van der Waals surface area (Å²) in [4.78, 5) is 0. The number of rotatable bonds is 4. The van der Waals surface area contributed by atoms with E-state index in [1.54, 1.807) is 5.57 Å². The molecule has 0 unspecified atom stereocenters. The number of aliphatic hydroxyl groups excluding tert-OH is 1. The predicted molar refractivity (Wildman–Crippen MR) is 91.2 cm³/mol. The zero-order chi connectivity index (χ0) is 15.7. The first-order chi connectivity index (χ1) is 9.81.